The van der Waals surface area contributed by atoms with Gasteiger partial charge in [-0.15, -0.1) is 0 Å². The number of hydrogen-bond donors (Lipinski definition) is 1. The summed E-state index contributed by atoms with van der Waals surface area (Å²) in [5.74, 6) is 0.888. The predicted octanol–water partition coefficient (Wildman–Crippen LogP) is 3.79. The summed E-state index contributed by atoms with van der Waals surface area (Å²) < 4.78 is 0. The Kier molecular flexibility index (Phi) is 4.52. The second-order valence-corrected chi connectivity index (χ2v) is 6.78. The van der Waals surface area contributed by atoms with Crippen molar-refractivity contribution >= 4 is 28.3 Å². The standard InChI is InChI=1S/C21H22N4O/c1-15-9-12-22-21(23-15)25-13-10-17(11-14-25)20(26)24-19-8-4-6-16-5-2-3-7-18(16)19/h2-9,12,17H,10-11,13-14H2,1H3,(H,24,26). The average molecular weight is 346 g/mol. The number of amides is 1. The minimum Gasteiger partial charge on any atom is -0.341 e. The number of anilines is 2. The number of nitrogens with zero attached hydrogens (tertiary/aromatic N) is 3. The summed E-state index contributed by atoms with van der Waals surface area (Å²) in [6.45, 7) is 3.57. The first kappa shape index (κ1) is 16.5. The molecule has 26 heavy (non-hydrogen) atoms. The zero-order chi connectivity index (χ0) is 17.9. The smallest absolute Gasteiger partial charge is 0.227 e. The van der Waals surface area contributed by atoms with Gasteiger partial charge in [0.2, 0.25) is 11.9 Å². The summed E-state index contributed by atoms with van der Waals surface area (Å²) in [5.41, 5.74) is 1.85. The maximum absolute atomic E-state index is 12.7. The number of hydrogen-bond acceptors (Lipinski definition) is 4. The van der Waals surface area contributed by atoms with Gasteiger partial charge in [-0.05, 0) is 37.3 Å². The minimum absolute atomic E-state index is 0.0232. The van der Waals surface area contributed by atoms with Crippen molar-refractivity contribution in [2.24, 2.45) is 5.92 Å². The maximum atomic E-state index is 12.7. The second-order valence-electron chi connectivity index (χ2n) is 6.78. The first-order chi connectivity index (χ1) is 12.7. The van der Waals surface area contributed by atoms with Crippen molar-refractivity contribution in [3.8, 4) is 0 Å². The molecule has 0 atom stereocenters. The van der Waals surface area contributed by atoms with Gasteiger partial charge in [0.05, 0.1) is 0 Å². The Labute approximate surface area is 153 Å². The zero-order valence-corrected chi connectivity index (χ0v) is 14.9. The molecule has 132 valence electrons. The summed E-state index contributed by atoms with van der Waals surface area (Å²) in [5, 5.41) is 5.34. The van der Waals surface area contributed by atoms with Crippen LogP contribution in [0.25, 0.3) is 10.8 Å². The Hall–Kier alpha value is -2.95. The van der Waals surface area contributed by atoms with Crippen LogP contribution in [0, 0.1) is 12.8 Å². The number of nitrogens with one attached hydrogen (secondary N) is 1. The van der Waals surface area contributed by atoms with E-state index < -0.39 is 0 Å². The lowest BCUT2D eigenvalue weighted by molar-refractivity contribution is -0.120. The van der Waals surface area contributed by atoms with Gasteiger partial charge < -0.3 is 10.2 Å². The zero-order valence-electron chi connectivity index (χ0n) is 14.9. The fourth-order valence-electron chi connectivity index (χ4n) is 3.50. The molecular weight excluding hydrogens is 324 g/mol. The molecule has 0 radical (unpaired) electrons. The van der Waals surface area contributed by atoms with E-state index in [1.165, 1.54) is 0 Å². The lowest BCUT2D eigenvalue weighted by atomic mass is 9.95. The minimum atomic E-state index is 0.0232. The molecular formula is C21H22N4O. The van der Waals surface area contributed by atoms with Gasteiger partial charge >= 0.3 is 0 Å². The second kappa shape index (κ2) is 7.12. The Morgan fingerprint density at radius 3 is 2.65 bits per heavy atom. The third-order valence-electron chi connectivity index (χ3n) is 4.98. The quantitative estimate of drug-likeness (QED) is 0.784. The molecule has 1 fully saturated rings. The molecule has 0 bridgehead atoms. The first-order valence-corrected chi connectivity index (χ1v) is 9.04. The van der Waals surface area contributed by atoms with Crippen molar-refractivity contribution in [2.45, 2.75) is 19.8 Å². The Bertz CT molecular complexity index is 927. The van der Waals surface area contributed by atoms with E-state index in [4.69, 9.17) is 0 Å². The van der Waals surface area contributed by atoms with Crippen LogP contribution in [0.3, 0.4) is 0 Å². The monoisotopic (exact) mass is 346 g/mol. The molecule has 1 aromatic heterocycles. The van der Waals surface area contributed by atoms with Crippen LogP contribution in [0.1, 0.15) is 18.5 Å². The van der Waals surface area contributed by atoms with E-state index in [-0.39, 0.29) is 11.8 Å². The third kappa shape index (κ3) is 3.38. The highest BCUT2D eigenvalue weighted by Crippen LogP contribution is 2.26. The molecule has 3 aromatic rings. The number of carbonyl (C=O) groups excluding carboxylic acids is 1. The van der Waals surface area contributed by atoms with E-state index in [2.05, 4.69) is 32.3 Å². The molecule has 5 heteroatoms. The topological polar surface area (TPSA) is 58.1 Å². The summed E-state index contributed by atoms with van der Waals surface area (Å²) in [4.78, 5) is 23.7. The average Bonchev–Trinajstić information content (AvgIpc) is 2.68. The summed E-state index contributed by atoms with van der Waals surface area (Å²) in [6, 6.07) is 16.0. The Morgan fingerprint density at radius 1 is 1.08 bits per heavy atom. The fraction of sp³-hybridized carbons (Fsp3) is 0.286. The van der Waals surface area contributed by atoms with Crippen molar-refractivity contribution in [3.63, 3.8) is 0 Å². The molecule has 1 amide bonds. The summed E-state index contributed by atoms with van der Waals surface area (Å²) in [7, 11) is 0. The normalized spacial score (nSPS) is 15.2. The lowest BCUT2D eigenvalue weighted by Crippen LogP contribution is -2.39. The number of fused-ring (bicyclic) bond motifs is 1. The van der Waals surface area contributed by atoms with Gasteiger partial charge in [-0.25, -0.2) is 9.97 Å². The summed E-state index contributed by atoms with van der Waals surface area (Å²) in [6.07, 6.45) is 3.42. The molecule has 4 rings (SSSR count). The largest absolute Gasteiger partial charge is 0.341 e. The van der Waals surface area contributed by atoms with Crippen molar-refractivity contribution in [1.82, 2.24) is 9.97 Å². The maximum Gasteiger partial charge on any atom is 0.227 e. The van der Waals surface area contributed by atoms with Crippen LogP contribution in [0.5, 0.6) is 0 Å². The van der Waals surface area contributed by atoms with Gasteiger partial charge in [0, 0.05) is 42.0 Å². The van der Waals surface area contributed by atoms with Gasteiger partial charge in [0.25, 0.3) is 0 Å². The number of carbonyl (C=O) groups is 1. The molecule has 1 N–H and O–H groups in total. The highest BCUT2D eigenvalue weighted by molar-refractivity contribution is 6.02. The van der Waals surface area contributed by atoms with Crippen molar-refractivity contribution in [1.29, 1.82) is 0 Å². The number of benzene rings is 2. The predicted molar refractivity (Wildman–Crippen MR) is 104 cm³/mol. The highest BCUT2D eigenvalue weighted by atomic mass is 16.1. The van der Waals surface area contributed by atoms with Gasteiger partial charge in [0.15, 0.2) is 0 Å². The molecule has 0 unspecified atom stereocenters. The third-order valence-corrected chi connectivity index (χ3v) is 4.98. The SMILES string of the molecule is Cc1ccnc(N2CCC(C(=O)Nc3cccc4ccccc34)CC2)n1. The molecule has 2 heterocycles. The number of piperidine rings is 1. The van der Waals surface area contributed by atoms with Gasteiger partial charge in [0.1, 0.15) is 0 Å². The number of aryl methyl sites for hydroxylation is 1. The molecule has 0 spiro atoms. The Balaban J connectivity index is 1.42. The molecule has 1 saturated heterocycles. The van der Waals surface area contributed by atoms with E-state index in [1.54, 1.807) is 6.20 Å². The van der Waals surface area contributed by atoms with Crippen LogP contribution in [0.15, 0.2) is 54.7 Å². The van der Waals surface area contributed by atoms with Crippen LogP contribution in [0.4, 0.5) is 11.6 Å². The van der Waals surface area contributed by atoms with E-state index in [0.29, 0.717) is 0 Å². The van der Waals surface area contributed by atoms with E-state index >= 15 is 0 Å². The van der Waals surface area contributed by atoms with E-state index in [0.717, 1.165) is 54.0 Å². The van der Waals surface area contributed by atoms with Crippen LogP contribution in [-0.4, -0.2) is 29.0 Å². The number of aromatic nitrogens is 2. The highest BCUT2D eigenvalue weighted by Gasteiger charge is 2.26. The van der Waals surface area contributed by atoms with Crippen LogP contribution in [-0.2, 0) is 4.79 Å². The molecule has 2 aromatic carbocycles. The van der Waals surface area contributed by atoms with Crippen LogP contribution < -0.4 is 10.2 Å². The fourth-order valence-corrected chi connectivity index (χ4v) is 3.50. The van der Waals surface area contributed by atoms with Crippen molar-refractivity contribution < 1.29 is 4.79 Å². The van der Waals surface area contributed by atoms with Crippen LogP contribution in [0.2, 0.25) is 0 Å². The lowest BCUT2D eigenvalue weighted by Gasteiger charge is -2.31. The van der Waals surface area contributed by atoms with Crippen molar-refractivity contribution in [2.75, 3.05) is 23.3 Å². The molecule has 1 aliphatic heterocycles. The van der Waals surface area contributed by atoms with E-state index in [9.17, 15) is 4.79 Å². The molecule has 0 aliphatic carbocycles. The van der Waals surface area contributed by atoms with Gasteiger partial charge in [-0.1, -0.05) is 36.4 Å². The summed E-state index contributed by atoms with van der Waals surface area (Å²) >= 11 is 0. The first-order valence-electron chi connectivity index (χ1n) is 9.04. The van der Waals surface area contributed by atoms with Gasteiger partial charge in [-0.2, -0.15) is 0 Å². The van der Waals surface area contributed by atoms with Gasteiger partial charge in [-0.3, -0.25) is 4.79 Å². The van der Waals surface area contributed by atoms with E-state index in [1.807, 2.05) is 43.3 Å². The number of rotatable bonds is 3. The van der Waals surface area contributed by atoms with Crippen LogP contribution >= 0.6 is 0 Å². The molecule has 0 saturated carbocycles. The molecule has 1 aliphatic rings. The molecule has 5 nitrogen and oxygen atoms in total. The van der Waals surface area contributed by atoms with Crippen molar-refractivity contribution in [3.05, 3.63) is 60.4 Å². The Morgan fingerprint density at radius 2 is 1.85 bits per heavy atom.